The number of rotatable bonds is 7. The van der Waals surface area contributed by atoms with Crippen molar-refractivity contribution in [2.45, 2.75) is 13.0 Å². The normalized spacial score (nSPS) is 10.9. The lowest BCUT2D eigenvalue weighted by Crippen LogP contribution is -2.25. The molecule has 3 rings (SSSR count). The second kappa shape index (κ2) is 9.54. The average molecular weight is 393 g/mol. The highest BCUT2D eigenvalue weighted by Gasteiger charge is 2.06. The molecule has 4 heteroatoms. The van der Waals surface area contributed by atoms with E-state index in [1.165, 1.54) is 11.1 Å². The number of hydrogen-bond donors (Lipinski definition) is 1. The maximum Gasteiger partial charge on any atom is 0.251 e. The third-order valence-electron chi connectivity index (χ3n) is 4.55. The number of halogens is 1. The second-order valence-electron chi connectivity index (χ2n) is 7.14. The van der Waals surface area contributed by atoms with Crippen molar-refractivity contribution in [2.75, 3.05) is 20.6 Å². The van der Waals surface area contributed by atoms with Crippen LogP contribution in [-0.4, -0.2) is 31.4 Å². The highest BCUT2D eigenvalue weighted by Crippen LogP contribution is 2.21. The van der Waals surface area contributed by atoms with Gasteiger partial charge in [-0.15, -0.1) is 0 Å². The summed E-state index contributed by atoms with van der Waals surface area (Å²) in [5.41, 5.74) is 5.32. The molecule has 0 fully saturated rings. The lowest BCUT2D eigenvalue weighted by Gasteiger charge is -2.10. The highest BCUT2D eigenvalue weighted by molar-refractivity contribution is 6.30. The van der Waals surface area contributed by atoms with Crippen LogP contribution in [-0.2, 0) is 13.0 Å². The molecule has 0 aliphatic carbocycles. The van der Waals surface area contributed by atoms with Gasteiger partial charge in [-0.2, -0.15) is 0 Å². The van der Waals surface area contributed by atoms with E-state index >= 15 is 0 Å². The summed E-state index contributed by atoms with van der Waals surface area (Å²) >= 11 is 5.93. The van der Waals surface area contributed by atoms with Gasteiger partial charge in [0.15, 0.2) is 0 Å². The smallest absolute Gasteiger partial charge is 0.251 e. The maximum atomic E-state index is 12.4. The van der Waals surface area contributed by atoms with Crippen LogP contribution in [0.1, 0.15) is 21.5 Å². The van der Waals surface area contributed by atoms with Crippen LogP contribution < -0.4 is 5.32 Å². The molecule has 0 spiro atoms. The zero-order valence-corrected chi connectivity index (χ0v) is 17.0. The first-order chi connectivity index (χ1) is 13.5. The molecular weight excluding hydrogens is 368 g/mol. The van der Waals surface area contributed by atoms with Crippen molar-refractivity contribution < 1.29 is 4.79 Å². The summed E-state index contributed by atoms with van der Waals surface area (Å²) in [6.45, 7) is 1.55. The number of carbonyl (C=O) groups is 1. The maximum absolute atomic E-state index is 12.4. The Bertz CT molecular complexity index is 901. The van der Waals surface area contributed by atoms with Crippen LogP contribution in [0.25, 0.3) is 11.1 Å². The number of benzene rings is 3. The molecular formula is C24H25ClN2O. The molecule has 0 aliphatic heterocycles. The first-order valence-electron chi connectivity index (χ1n) is 9.38. The van der Waals surface area contributed by atoms with E-state index in [1.807, 2.05) is 48.5 Å². The van der Waals surface area contributed by atoms with Gasteiger partial charge in [-0.1, -0.05) is 60.1 Å². The van der Waals surface area contributed by atoms with Crippen LogP contribution in [0, 0.1) is 0 Å². The third kappa shape index (κ3) is 5.69. The fraction of sp³-hybridized carbons (Fsp3) is 0.208. The second-order valence-corrected chi connectivity index (χ2v) is 7.58. The number of nitrogens with one attached hydrogen (secondary N) is 1. The van der Waals surface area contributed by atoms with Gasteiger partial charge in [0.1, 0.15) is 0 Å². The van der Waals surface area contributed by atoms with Gasteiger partial charge >= 0.3 is 0 Å². The van der Waals surface area contributed by atoms with E-state index in [4.69, 9.17) is 11.6 Å². The van der Waals surface area contributed by atoms with Gasteiger partial charge in [-0.25, -0.2) is 0 Å². The first-order valence-corrected chi connectivity index (χ1v) is 9.76. The third-order valence-corrected chi connectivity index (χ3v) is 4.80. The van der Waals surface area contributed by atoms with Crippen LogP contribution in [0.5, 0.6) is 0 Å². The quantitative estimate of drug-likeness (QED) is 0.610. The molecule has 0 aliphatic rings. The lowest BCUT2D eigenvalue weighted by atomic mass is 10.0. The molecule has 0 aromatic heterocycles. The van der Waals surface area contributed by atoms with E-state index in [-0.39, 0.29) is 5.91 Å². The number of hydrogen-bond acceptors (Lipinski definition) is 2. The molecule has 144 valence electrons. The van der Waals surface area contributed by atoms with Crippen molar-refractivity contribution in [3.8, 4) is 11.1 Å². The largest absolute Gasteiger partial charge is 0.352 e. The van der Waals surface area contributed by atoms with E-state index in [0.29, 0.717) is 17.1 Å². The summed E-state index contributed by atoms with van der Waals surface area (Å²) in [6, 6.07) is 23.9. The van der Waals surface area contributed by atoms with Crippen LogP contribution >= 0.6 is 11.6 Å². The monoisotopic (exact) mass is 392 g/mol. The molecule has 1 amide bonds. The fourth-order valence-corrected chi connectivity index (χ4v) is 3.18. The minimum Gasteiger partial charge on any atom is -0.352 e. The minimum absolute atomic E-state index is 0.0492. The van der Waals surface area contributed by atoms with Gasteiger partial charge in [0.2, 0.25) is 0 Å². The molecule has 28 heavy (non-hydrogen) atoms. The summed E-state index contributed by atoms with van der Waals surface area (Å²) in [5, 5.41) is 3.71. The minimum atomic E-state index is -0.0492. The molecule has 3 aromatic rings. The van der Waals surface area contributed by atoms with Gasteiger partial charge in [-0.3, -0.25) is 4.79 Å². The molecule has 0 radical (unpaired) electrons. The topological polar surface area (TPSA) is 32.3 Å². The summed E-state index contributed by atoms with van der Waals surface area (Å²) in [7, 11) is 4.12. The van der Waals surface area contributed by atoms with Gasteiger partial charge < -0.3 is 10.2 Å². The Kier molecular flexibility index (Phi) is 6.85. The van der Waals surface area contributed by atoms with Crippen molar-refractivity contribution in [2.24, 2.45) is 0 Å². The van der Waals surface area contributed by atoms with Gasteiger partial charge in [0.05, 0.1) is 0 Å². The van der Waals surface area contributed by atoms with Crippen LogP contribution in [0.15, 0.2) is 72.8 Å². The molecule has 0 saturated carbocycles. The summed E-state index contributed by atoms with van der Waals surface area (Å²) in [4.78, 5) is 14.5. The van der Waals surface area contributed by atoms with Crippen molar-refractivity contribution in [3.63, 3.8) is 0 Å². The lowest BCUT2D eigenvalue weighted by molar-refractivity contribution is 0.0954. The van der Waals surface area contributed by atoms with Crippen LogP contribution in [0.4, 0.5) is 0 Å². The summed E-state index contributed by atoms with van der Waals surface area (Å²) in [5.74, 6) is -0.0492. The van der Waals surface area contributed by atoms with Crippen molar-refractivity contribution >= 4 is 17.5 Å². The summed E-state index contributed by atoms with van der Waals surface area (Å²) < 4.78 is 0. The molecule has 0 heterocycles. The Labute approximate surface area is 172 Å². The Morgan fingerprint density at radius 2 is 1.36 bits per heavy atom. The average Bonchev–Trinajstić information content (AvgIpc) is 2.69. The standard InChI is InChI=1S/C24H25ClN2O/c1-27(2)17-19-5-3-18(4-6-19)15-16-26-24(28)22-9-7-20(8-10-22)21-11-13-23(25)14-12-21/h3-14H,15-17H2,1-2H3,(H,26,28). The van der Waals surface area contributed by atoms with E-state index in [9.17, 15) is 4.79 Å². The molecule has 3 nitrogen and oxygen atoms in total. The van der Waals surface area contributed by atoms with Gasteiger partial charge in [0.25, 0.3) is 5.91 Å². The molecule has 0 atom stereocenters. The van der Waals surface area contributed by atoms with E-state index in [0.717, 1.165) is 24.1 Å². The zero-order valence-electron chi connectivity index (χ0n) is 16.3. The Morgan fingerprint density at radius 1 is 0.821 bits per heavy atom. The first kappa shape index (κ1) is 20.1. The Hall–Kier alpha value is -2.62. The number of carbonyl (C=O) groups excluding carboxylic acids is 1. The highest BCUT2D eigenvalue weighted by atomic mass is 35.5. The van der Waals surface area contributed by atoms with Crippen molar-refractivity contribution in [1.82, 2.24) is 10.2 Å². The van der Waals surface area contributed by atoms with Gasteiger partial charge in [0, 0.05) is 23.7 Å². The van der Waals surface area contributed by atoms with Gasteiger partial charge in [-0.05, 0) is 67.0 Å². The van der Waals surface area contributed by atoms with Crippen molar-refractivity contribution in [1.29, 1.82) is 0 Å². The number of amides is 1. The summed E-state index contributed by atoms with van der Waals surface area (Å²) in [6.07, 6.45) is 0.816. The number of nitrogens with zero attached hydrogens (tertiary/aromatic N) is 1. The zero-order chi connectivity index (χ0) is 19.9. The Balaban J connectivity index is 1.51. The van der Waals surface area contributed by atoms with E-state index in [2.05, 4.69) is 48.6 Å². The molecule has 3 aromatic carbocycles. The molecule has 0 unspecified atom stereocenters. The molecule has 0 saturated heterocycles. The SMILES string of the molecule is CN(C)Cc1ccc(CCNC(=O)c2ccc(-c3ccc(Cl)cc3)cc2)cc1. The fourth-order valence-electron chi connectivity index (χ4n) is 3.06. The van der Waals surface area contributed by atoms with E-state index in [1.54, 1.807) is 0 Å². The van der Waals surface area contributed by atoms with Crippen LogP contribution in [0.2, 0.25) is 5.02 Å². The van der Waals surface area contributed by atoms with Crippen LogP contribution in [0.3, 0.4) is 0 Å². The molecule has 1 N–H and O–H groups in total. The van der Waals surface area contributed by atoms with Crippen molar-refractivity contribution in [3.05, 3.63) is 94.5 Å². The molecule has 0 bridgehead atoms. The Morgan fingerprint density at radius 3 is 1.93 bits per heavy atom. The predicted molar refractivity (Wildman–Crippen MR) is 117 cm³/mol. The van der Waals surface area contributed by atoms with E-state index < -0.39 is 0 Å². The predicted octanol–water partition coefficient (Wildman–Crippen LogP) is 5.04.